The fourth-order valence-electron chi connectivity index (χ4n) is 2.60. The number of benzene rings is 2. The number of nitro benzene ring substituents is 1. The molecule has 0 aromatic heterocycles. The lowest BCUT2D eigenvalue weighted by Crippen LogP contribution is -2.21. The van der Waals surface area contributed by atoms with Crippen molar-refractivity contribution < 1.29 is 33.5 Å². The lowest BCUT2D eigenvalue weighted by Gasteiger charge is -2.19. The van der Waals surface area contributed by atoms with E-state index in [1.54, 1.807) is 25.1 Å². The van der Waals surface area contributed by atoms with Crippen molar-refractivity contribution in [3.05, 3.63) is 52.1 Å². The third kappa shape index (κ3) is 4.92. The van der Waals surface area contributed by atoms with Crippen LogP contribution in [0.5, 0.6) is 17.2 Å². The Bertz CT molecular complexity index is 944. The Morgan fingerprint density at radius 2 is 1.90 bits per heavy atom. The molecule has 1 N–H and O–H groups in total. The topological polar surface area (TPSA) is 126 Å². The van der Waals surface area contributed by atoms with E-state index < -0.39 is 23.4 Å². The average molecular weight is 402 g/mol. The van der Waals surface area contributed by atoms with Gasteiger partial charge < -0.3 is 24.3 Å². The summed E-state index contributed by atoms with van der Waals surface area (Å²) in [6.07, 6.45) is 0. The zero-order valence-electron chi connectivity index (χ0n) is 15.5. The summed E-state index contributed by atoms with van der Waals surface area (Å²) in [7, 11) is 0. The summed E-state index contributed by atoms with van der Waals surface area (Å²) in [4.78, 5) is 34.7. The molecule has 0 radical (unpaired) electrons. The number of nitro groups is 1. The maximum atomic E-state index is 12.1. The van der Waals surface area contributed by atoms with Crippen LogP contribution in [0.4, 0.5) is 11.4 Å². The third-order valence-electron chi connectivity index (χ3n) is 3.85. The Morgan fingerprint density at radius 1 is 1.14 bits per heavy atom. The van der Waals surface area contributed by atoms with Gasteiger partial charge in [-0.1, -0.05) is 0 Å². The summed E-state index contributed by atoms with van der Waals surface area (Å²) in [5.41, 5.74) is 0.0290. The van der Waals surface area contributed by atoms with E-state index in [9.17, 15) is 19.7 Å². The number of ether oxygens (including phenoxy) is 4. The van der Waals surface area contributed by atoms with Gasteiger partial charge in [0.1, 0.15) is 13.2 Å². The number of hydrogen-bond donors (Lipinski definition) is 1. The number of fused-ring (bicyclic) bond motifs is 1. The minimum atomic E-state index is -0.867. The van der Waals surface area contributed by atoms with Gasteiger partial charge in [0.25, 0.3) is 5.91 Å². The monoisotopic (exact) mass is 402 g/mol. The molecule has 1 heterocycles. The molecule has 0 saturated heterocycles. The average Bonchev–Trinajstić information content (AvgIpc) is 2.72. The molecule has 0 atom stereocenters. The van der Waals surface area contributed by atoms with Crippen LogP contribution in [0.15, 0.2) is 36.4 Å². The minimum Gasteiger partial charge on any atom is -0.487 e. The Hall–Kier alpha value is -3.82. The van der Waals surface area contributed by atoms with E-state index in [0.29, 0.717) is 30.4 Å². The van der Waals surface area contributed by atoms with E-state index in [2.05, 4.69) is 5.32 Å². The smallest absolute Gasteiger partial charge is 0.338 e. The second kappa shape index (κ2) is 8.91. The maximum absolute atomic E-state index is 12.1. The van der Waals surface area contributed by atoms with Crippen LogP contribution in [0.2, 0.25) is 0 Å². The molecule has 0 bridgehead atoms. The molecule has 0 aliphatic carbocycles. The number of nitrogens with zero attached hydrogens (tertiary/aromatic N) is 1. The Kier molecular flexibility index (Phi) is 6.12. The molecule has 152 valence electrons. The molecule has 1 aliphatic heterocycles. The van der Waals surface area contributed by atoms with E-state index in [4.69, 9.17) is 18.9 Å². The first-order valence-corrected chi connectivity index (χ1v) is 8.75. The summed E-state index contributed by atoms with van der Waals surface area (Å²) >= 11 is 0. The number of esters is 1. The molecule has 29 heavy (non-hydrogen) atoms. The molecule has 10 heteroatoms. The zero-order chi connectivity index (χ0) is 20.8. The molecule has 1 amide bonds. The molecular weight excluding hydrogens is 384 g/mol. The lowest BCUT2D eigenvalue weighted by molar-refractivity contribution is -0.385. The Balaban J connectivity index is 1.59. The van der Waals surface area contributed by atoms with Crippen molar-refractivity contribution in [3.8, 4) is 17.2 Å². The largest absolute Gasteiger partial charge is 0.487 e. The van der Waals surface area contributed by atoms with E-state index in [1.165, 1.54) is 12.1 Å². The van der Waals surface area contributed by atoms with E-state index in [-0.39, 0.29) is 23.6 Å². The van der Waals surface area contributed by atoms with Gasteiger partial charge in [-0.2, -0.15) is 0 Å². The van der Waals surface area contributed by atoms with Crippen molar-refractivity contribution in [3.63, 3.8) is 0 Å². The van der Waals surface area contributed by atoms with Gasteiger partial charge in [0.15, 0.2) is 23.9 Å². The molecule has 0 saturated carbocycles. The van der Waals surface area contributed by atoms with Crippen LogP contribution in [0.1, 0.15) is 17.3 Å². The van der Waals surface area contributed by atoms with Gasteiger partial charge in [-0.25, -0.2) is 4.79 Å². The number of carbonyl (C=O) groups is 2. The lowest BCUT2D eigenvalue weighted by atomic mass is 10.2. The summed E-state index contributed by atoms with van der Waals surface area (Å²) < 4.78 is 20.9. The first-order valence-electron chi connectivity index (χ1n) is 8.75. The van der Waals surface area contributed by atoms with Crippen LogP contribution in [0.25, 0.3) is 0 Å². The SMILES string of the molecule is CCOc1ccc(C(=O)OCC(=O)Nc2ccc3c(c2)OCCO3)cc1[N+](=O)[O-]. The number of nitrogens with one attached hydrogen (secondary N) is 1. The highest BCUT2D eigenvalue weighted by atomic mass is 16.6. The molecular formula is C19H18N2O8. The van der Waals surface area contributed by atoms with Crippen molar-refractivity contribution in [1.29, 1.82) is 0 Å². The van der Waals surface area contributed by atoms with Gasteiger partial charge in [-0.05, 0) is 31.2 Å². The molecule has 0 spiro atoms. The fraction of sp³-hybridized carbons (Fsp3) is 0.263. The van der Waals surface area contributed by atoms with Crippen molar-refractivity contribution in [2.75, 3.05) is 31.7 Å². The van der Waals surface area contributed by atoms with Crippen LogP contribution in [0.3, 0.4) is 0 Å². The van der Waals surface area contributed by atoms with Crippen LogP contribution in [-0.4, -0.2) is 43.2 Å². The summed E-state index contributed by atoms with van der Waals surface area (Å²) in [6.45, 7) is 2.24. The second-order valence-corrected chi connectivity index (χ2v) is 5.86. The first kappa shape index (κ1) is 19.9. The number of carbonyl (C=O) groups excluding carboxylic acids is 2. The second-order valence-electron chi connectivity index (χ2n) is 5.86. The van der Waals surface area contributed by atoms with Gasteiger partial charge in [-0.15, -0.1) is 0 Å². The Morgan fingerprint density at radius 3 is 2.62 bits per heavy atom. The van der Waals surface area contributed by atoms with E-state index in [0.717, 1.165) is 6.07 Å². The number of hydrogen-bond acceptors (Lipinski definition) is 8. The molecule has 2 aromatic rings. The van der Waals surface area contributed by atoms with E-state index in [1.807, 2.05) is 0 Å². The van der Waals surface area contributed by atoms with Crippen LogP contribution < -0.4 is 19.5 Å². The van der Waals surface area contributed by atoms with Gasteiger partial charge in [-0.3, -0.25) is 14.9 Å². The van der Waals surface area contributed by atoms with Gasteiger partial charge in [0.05, 0.1) is 17.1 Å². The van der Waals surface area contributed by atoms with Gasteiger partial charge in [0.2, 0.25) is 0 Å². The molecule has 0 fully saturated rings. The third-order valence-corrected chi connectivity index (χ3v) is 3.85. The van der Waals surface area contributed by atoms with Gasteiger partial charge >= 0.3 is 11.7 Å². The van der Waals surface area contributed by atoms with Crippen molar-refractivity contribution in [1.82, 2.24) is 0 Å². The standard InChI is InChI=1S/C19H18N2O8/c1-2-26-15-5-3-12(9-14(15)21(24)25)19(23)29-11-18(22)20-13-4-6-16-17(10-13)28-8-7-27-16/h3-6,9-10H,2,7-8,11H2,1H3,(H,20,22). The molecule has 2 aromatic carbocycles. The predicted molar refractivity (Wildman–Crippen MR) is 101 cm³/mol. The maximum Gasteiger partial charge on any atom is 0.338 e. The van der Waals surface area contributed by atoms with Crippen LogP contribution in [0, 0.1) is 10.1 Å². The number of anilines is 1. The highest BCUT2D eigenvalue weighted by Crippen LogP contribution is 2.32. The van der Waals surface area contributed by atoms with Crippen molar-refractivity contribution in [2.45, 2.75) is 6.92 Å². The van der Waals surface area contributed by atoms with Crippen LogP contribution >= 0.6 is 0 Å². The van der Waals surface area contributed by atoms with E-state index >= 15 is 0 Å². The summed E-state index contributed by atoms with van der Waals surface area (Å²) in [5.74, 6) is -0.306. The summed E-state index contributed by atoms with van der Waals surface area (Å²) in [5, 5.41) is 13.7. The van der Waals surface area contributed by atoms with Crippen molar-refractivity contribution >= 4 is 23.3 Å². The fourth-order valence-corrected chi connectivity index (χ4v) is 2.60. The molecule has 10 nitrogen and oxygen atoms in total. The molecule has 3 rings (SSSR count). The number of rotatable bonds is 7. The zero-order valence-corrected chi connectivity index (χ0v) is 15.5. The molecule has 1 aliphatic rings. The predicted octanol–water partition coefficient (Wildman–Crippen LogP) is 2.56. The van der Waals surface area contributed by atoms with Crippen LogP contribution in [-0.2, 0) is 9.53 Å². The highest BCUT2D eigenvalue weighted by molar-refractivity contribution is 5.96. The van der Waals surface area contributed by atoms with Crippen molar-refractivity contribution in [2.24, 2.45) is 0 Å². The number of amides is 1. The quantitative estimate of drug-likeness (QED) is 0.425. The van der Waals surface area contributed by atoms with Gasteiger partial charge in [0, 0.05) is 17.8 Å². The Labute approximate surface area is 165 Å². The normalized spacial score (nSPS) is 12.0. The minimum absolute atomic E-state index is 0.0467. The summed E-state index contributed by atoms with van der Waals surface area (Å²) in [6, 6.07) is 8.58. The molecule has 0 unspecified atom stereocenters. The highest BCUT2D eigenvalue weighted by Gasteiger charge is 2.20. The first-order chi connectivity index (χ1) is 14.0.